The monoisotopic (exact) mass is 534 g/mol. The number of nitrogens with zero attached hydrogens (tertiary/aromatic N) is 1. The number of urea groups is 1. The van der Waals surface area contributed by atoms with Gasteiger partial charge in [0.15, 0.2) is 0 Å². The number of hydrogen-bond acceptors (Lipinski definition) is 5. The fraction of sp³-hybridized carbons (Fsp3) is 0.355. The van der Waals surface area contributed by atoms with Crippen molar-refractivity contribution in [1.29, 1.82) is 0 Å². The van der Waals surface area contributed by atoms with E-state index in [1.165, 1.54) is 0 Å². The molecule has 0 aliphatic heterocycles. The van der Waals surface area contributed by atoms with Crippen LogP contribution in [0.4, 0.5) is 16.2 Å². The molecule has 1 N–H and O–H groups in total. The van der Waals surface area contributed by atoms with Crippen LogP contribution >= 0.6 is 11.8 Å². The summed E-state index contributed by atoms with van der Waals surface area (Å²) in [6, 6.07) is 22.8. The molecule has 0 unspecified atom stereocenters. The first-order chi connectivity index (χ1) is 18.5. The second kappa shape index (κ2) is 15.7. The van der Waals surface area contributed by atoms with Crippen molar-refractivity contribution in [2.75, 3.05) is 23.4 Å². The zero-order valence-electron chi connectivity index (χ0n) is 22.6. The van der Waals surface area contributed by atoms with Crippen molar-refractivity contribution in [2.24, 2.45) is 0 Å². The number of amides is 2. The van der Waals surface area contributed by atoms with E-state index in [0.29, 0.717) is 25.3 Å². The van der Waals surface area contributed by atoms with Gasteiger partial charge in [0.2, 0.25) is 0 Å². The van der Waals surface area contributed by atoms with Crippen molar-refractivity contribution in [2.45, 2.75) is 69.1 Å². The minimum atomic E-state index is -0.220. The molecular formula is C31H38N2O4S. The van der Waals surface area contributed by atoms with Crippen LogP contribution < -0.4 is 19.7 Å². The predicted molar refractivity (Wildman–Crippen MR) is 156 cm³/mol. The molecule has 3 aromatic carbocycles. The van der Waals surface area contributed by atoms with Crippen molar-refractivity contribution in [3.63, 3.8) is 0 Å². The van der Waals surface area contributed by atoms with Crippen molar-refractivity contribution < 1.29 is 19.1 Å². The number of carbonyl (C=O) groups excluding carboxylic acids is 2. The maximum atomic E-state index is 13.3. The molecule has 0 saturated carbocycles. The molecule has 0 fully saturated rings. The number of hydrogen-bond donors (Lipinski definition) is 1. The van der Waals surface area contributed by atoms with E-state index >= 15 is 0 Å². The van der Waals surface area contributed by atoms with Gasteiger partial charge in [0.05, 0.1) is 6.61 Å². The van der Waals surface area contributed by atoms with Crippen molar-refractivity contribution in [3.8, 4) is 11.5 Å². The first kappa shape index (κ1) is 29.1. The van der Waals surface area contributed by atoms with Gasteiger partial charge in [-0.3, -0.25) is 9.69 Å². The Bertz CT molecular complexity index is 1150. The molecule has 0 bridgehead atoms. The molecule has 2 amide bonds. The number of unbranched alkanes of at least 4 members (excludes halogenated alkanes) is 2. The van der Waals surface area contributed by atoms with Gasteiger partial charge in [-0.25, -0.2) is 4.79 Å². The van der Waals surface area contributed by atoms with Gasteiger partial charge in [-0.05, 0) is 86.0 Å². The highest BCUT2D eigenvalue weighted by Crippen LogP contribution is 2.32. The van der Waals surface area contributed by atoms with Crippen LogP contribution in [-0.4, -0.2) is 25.2 Å². The zero-order chi connectivity index (χ0) is 27.2. The van der Waals surface area contributed by atoms with Crippen molar-refractivity contribution >= 4 is 35.1 Å². The second-order valence-electron chi connectivity index (χ2n) is 8.96. The van der Waals surface area contributed by atoms with Gasteiger partial charge in [-0.15, -0.1) is 0 Å². The minimum absolute atomic E-state index is 0.168. The molecule has 7 heteroatoms. The van der Waals surface area contributed by atoms with E-state index in [-0.39, 0.29) is 12.0 Å². The molecule has 0 aliphatic carbocycles. The topological polar surface area (TPSA) is 67.9 Å². The lowest BCUT2D eigenvalue weighted by Crippen LogP contribution is -2.35. The number of esters is 1. The number of nitrogens with one attached hydrogen (secondary N) is 1. The number of benzene rings is 3. The molecule has 38 heavy (non-hydrogen) atoms. The third-order valence-electron chi connectivity index (χ3n) is 5.73. The Balaban J connectivity index is 1.67. The Hall–Kier alpha value is -3.45. The summed E-state index contributed by atoms with van der Waals surface area (Å²) >= 11 is 1.59. The summed E-state index contributed by atoms with van der Waals surface area (Å²) in [6.45, 7) is 7.50. The van der Waals surface area contributed by atoms with Gasteiger partial charge in [-0.1, -0.05) is 51.4 Å². The standard InChI is InChI=1S/C31H38N2O4S/c1-4-7-21-33(31(35)32-24-13-15-26(16-14-24)36-22-8-5-2)25-11-9-12-29(23-25)38-28-19-17-27(18-20-28)37-30(34)10-6-3/h9,11-20,23H,4-8,10,21-22H2,1-3H3,(H,32,35). The van der Waals surface area contributed by atoms with E-state index < -0.39 is 0 Å². The molecular weight excluding hydrogens is 496 g/mol. The molecule has 0 radical (unpaired) electrons. The third-order valence-corrected chi connectivity index (χ3v) is 6.72. The van der Waals surface area contributed by atoms with Gasteiger partial charge in [0.25, 0.3) is 0 Å². The predicted octanol–water partition coefficient (Wildman–Crippen LogP) is 8.56. The van der Waals surface area contributed by atoms with E-state index in [0.717, 1.165) is 59.0 Å². The number of rotatable bonds is 14. The molecule has 0 atom stereocenters. The summed E-state index contributed by atoms with van der Waals surface area (Å²) in [7, 11) is 0. The second-order valence-corrected chi connectivity index (χ2v) is 10.1. The largest absolute Gasteiger partial charge is 0.494 e. The van der Waals surface area contributed by atoms with Gasteiger partial charge in [0.1, 0.15) is 11.5 Å². The zero-order valence-corrected chi connectivity index (χ0v) is 23.4. The van der Waals surface area contributed by atoms with E-state index in [1.807, 2.05) is 67.6 Å². The Kier molecular flexibility index (Phi) is 12.0. The fourth-order valence-corrected chi connectivity index (χ4v) is 4.51. The van der Waals surface area contributed by atoms with Crippen LogP contribution in [0.25, 0.3) is 0 Å². The summed E-state index contributed by atoms with van der Waals surface area (Å²) in [6.07, 6.45) is 5.15. The molecule has 0 aliphatic rings. The average molecular weight is 535 g/mol. The summed E-state index contributed by atoms with van der Waals surface area (Å²) in [5, 5.41) is 3.03. The highest BCUT2D eigenvalue weighted by atomic mass is 32.2. The lowest BCUT2D eigenvalue weighted by atomic mass is 10.2. The Morgan fingerprint density at radius 2 is 1.53 bits per heavy atom. The molecule has 0 heterocycles. The SMILES string of the molecule is CCCCOc1ccc(NC(=O)N(CCCC)c2cccc(Sc3ccc(OC(=O)CCC)cc3)c2)cc1. The summed E-state index contributed by atoms with van der Waals surface area (Å²) in [5.74, 6) is 1.13. The van der Waals surface area contributed by atoms with E-state index in [2.05, 4.69) is 19.2 Å². The summed E-state index contributed by atoms with van der Waals surface area (Å²) in [5.41, 5.74) is 1.56. The number of ether oxygens (including phenoxy) is 2. The molecule has 202 valence electrons. The molecule has 0 spiro atoms. The van der Waals surface area contributed by atoms with Crippen LogP contribution in [0.3, 0.4) is 0 Å². The molecule has 0 aromatic heterocycles. The van der Waals surface area contributed by atoms with Crippen molar-refractivity contribution in [3.05, 3.63) is 72.8 Å². The molecule has 3 rings (SSSR count). The van der Waals surface area contributed by atoms with Crippen molar-refractivity contribution in [1.82, 2.24) is 0 Å². The third kappa shape index (κ3) is 9.45. The van der Waals surface area contributed by atoms with E-state index in [4.69, 9.17) is 9.47 Å². The highest BCUT2D eigenvalue weighted by Gasteiger charge is 2.16. The number of carbonyl (C=O) groups is 2. The number of anilines is 2. The van der Waals surface area contributed by atoms with Crippen LogP contribution in [-0.2, 0) is 4.79 Å². The lowest BCUT2D eigenvalue weighted by molar-refractivity contribution is -0.134. The Morgan fingerprint density at radius 3 is 2.21 bits per heavy atom. The van der Waals surface area contributed by atoms with Crippen LogP contribution in [0.5, 0.6) is 11.5 Å². The highest BCUT2D eigenvalue weighted by molar-refractivity contribution is 7.99. The van der Waals surface area contributed by atoms with E-state index in [1.54, 1.807) is 28.8 Å². The van der Waals surface area contributed by atoms with Crippen LogP contribution in [0.1, 0.15) is 59.3 Å². The van der Waals surface area contributed by atoms with Crippen LogP contribution in [0, 0.1) is 0 Å². The van der Waals surface area contributed by atoms with Gasteiger partial charge >= 0.3 is 12.0 Å². The summed E-state index contributed by atoms with van der Waals surface area (Å²) < 4.78 is 11.1. The fourth-order valence-electron chi connectivity index (χ4n) is 3.64. The lowest BCUT2D eigenvalue weighted by Gasteiger charge is -2.24. The van der Waals surface area contributed by atoms with Crippen LogP contribution in [0.2, 0.25) is 0 Å². The molecule has 3 aromatic rings. The van der Waals surface area contributed by atoms with Gasteiger partial charge in [0, 0.05) is 34.1 Å². The normalized spacial score (nSPS) is 10.6. The molecule has 6 nitrogen and oxygen atoms in total. The first-order valence-corrected chi connectivity index (χ1v) is 14.2. The smallest absolute Gasteiger partial charge is 0.326 e. The molecule has 0 saturated heterocycles. The minimum Gasteiger partial charge on any atom is -0.494 e. The Labute approximate surface area is 230 Å². The maximum Gasteiger partial charge on any atom is 0.326 e. The van der Waals surface area contributed by atoms with Gasteiger partial charge in [-0.2, -0.15) is 0 Å². The Morgan fingerprint density at radius 1 is 0.816 bits per heavy atom. The quantitative estimate of drug-likeness (QED) is 0.127. The maximum absolute atomic E-state index is 13.3. The first-order valence-electron chi connectivity index (χ1n) is 13.4. The van der Waals surface area contributed by atoms with E-state index in [9.17, 15) is 9.59 Å². The van der Waals surface area contributed by atoms with Crippen LogP contribution in [0.15, 0.2) is 82.6 Å². The average Bonchev–Trinajstić information content (AvgIpc) is 2.91. The summed E-state index contributed by atoms with van der Waals surface area (Å²) in [4.78, 5) is 28.8. The van der Waals surface area contributed by atoms with Gasteiger partial charge < -0.3 is 14.8 Å².